The van der Waals surface area contributed by atoms with Crippen molar-refractivity contribution in [2.45, 2.75) is 33.2 Å². The van der Waals surface area contributed by atoms with Crippen molar-refractivity contribution in [2.75, 3.05) is 12.3 Å². The Balaban J connectivity index is 1.95. The highest BCUT2D eigenvalue weighted by Crippen LogP contribution is 2.19. The number of anilines is 1. The standard InChI is InChI=1S/C18H21N5O3/c1-3-4-9-26-17-21-15(19)14-16(22-17)23(18(25)20-14)10-12-5-7-13(8-6-12)11(2)24/h5-8H,3-4,9-10H2,1-2H3,(H,20,25)(H2,19,21,22). The Bertz CT molecular complexity index is 988. The topological polar surface area (TPSA) is 116 Å². The number of aromatic nitrogens is 4. The number of ketones is 1. The van der Waals surface area contributed by atoms with Crippen LogP contribution in [0.1, 0.15) is 42.6 Å². The summed E-state index contributed by atoms with van der Waals surface area (Å²) >= 11 is 0. The van der Waals surface area contributed by atoms with Crippen LogP contribution in [0.4, 0.5) is 5.82 Å². The van der Waals surface area contributed by atoms with E-state index in [-0.39, 0.29) is 23.3 Å². The minimum atomic E-state index is -0.331. The number of carbonyl (C=O) groups excluding carboxylic acids is 1. The largest absolute Gasteiger partial charge is 0.463 e. The lowest BCUT2D eigenvalue weighted by molar-refractivity contribution is 0.101. The van der Waals surface area contributed by atoms with Crippen LogP contribution in [0, 0.1) is 0 Å². The fraction of sp³-hybridized carbons (Fsp3) is 0.333. The molecule has 0 bridgehead atoms. The van der Waals surface area contributed by atoms with E-state index in [1.807, 2.05) is 12.1 Å². The first-order chi connectivity index (χ1) is 12.5. The zero-order chi connectivity index (χ0) is 18.7. The lowest BCUT2D eigenvalue weighted by atomic mass is 10.1. The molecule has 0 atom stereocenters. The van der Waals surface area contributed by atoms with Gasteiger partial charge in [0.2, 0.25) is 0 Å². The molecule has 0 saturated heterocycles. The third kappa shape index (κ3) is 3.58. The number of benzene rings is 1. The molecule has 2 heterocycles. The van der Waals surface area contributed by atoms with Crippen molar-refractivity contribution < 1.29 is 9.53 Å². The zero-order valence-corrected chi connectivity index (χ0v) is 14.8. The molecule has 136 valence electrons. The van der Waals surface area contributed by atoms with Crippen molar-refractivity contribution in [3.8, 4) is 6.01 Å². The highest BCUT2D eigenvalue weighted by Gasteiger charge is 2.15. The normalized spacial score (nSPS) is 11.0. The molecule has 8 nitrogen and oxygen atoms in total. The van der Waals surface area contributed by atoms with Gasteiger partial charge in [-0.05, 0) is 18.9 Å². The first kappa shape index (κ1) is 17.7. The summed E-state index contributed by atoms with van der Waals surface area (Å²) in [6.07, 6.45) is 1.87. The van der Waals surface area contributed by atoms with Gasteiger partial charge in [0.05, 0.1) is 13.2 Å². The van der Waals surface area contributed by atoms with E-state index in [4.69, 9.17) is 10.5 Å². The maximum Gasteiger partial charge on any atom is 0.328 e. The molecule has 0 aliphatic carbocycles. The van der Waals surface area contributed by atoms with Gasteiger partial charge < -0.3 is 15.5 Å². The van der Waals surface area contributed by atoms with Crippen LogP contribution in [-0.4, -0.2) is 31.9 Å². The number of nitrogen functional groups attached to an aromatic ring is 1. The van der Waals surface area contributed by atoms with Gasteiger partial charge in [0.25, 0.3) is 0 Å². The van der Waals surface area contributed by atoms with Crippen LogP contribution in [0.3, 0.4) is 0 Å². The summed E-state index contributed by atoms with van der Waals surface area (Å²) in [6.45, 7) is 4.35. The summed E-state index contributed by atoms with van der Waals surface area (Å²) in [5, 5.41) is 0. The van der Waals surface area contributed by atoms with Gasteiger partial charge >= 0.3 is 11.7 Å². The molecule has 8 heteroatoms. The molecule has 0 fully saturated rings. The summed E-state index contributed by atoms with van der Waals surface area (Å²) in [6, 6.07) is 7.25. The minimum absolute atomic E-state index is 0.00445. The number of hydrogen-bond acceptors (Lipinski definition) is 6. The number of hydrogen-bond donors (Lipinski definition) is 2. The van der Waals surface area contributed by atoms with E-state index in [1.54, 1.807) is 12.1 Å². The van der Waals surface area contributed by atoms with E-state index in [2.05, 4.69) is 21.9 Å². The molecule has 0 aliphatic heterocycles. The van der Waals surface area contributed by atoms with Crippen LogP contribution >= 0.6 is 0 Å². The third-order valence-corrected chi connectivity index (χ3v) is 4.06. The summed E-state index contributed by atoms with van der Waals surface area (Å²) < 4.78 is 7.00. The quantitative estimate of drug-likeness (QED) is 0.495. The number of nitrogens with one attached hydrogen (secondary N) is 1. The molecule has 0 saturated carbocycles. The Morgan fingerprint density at radius 1 is 1.27 bits per heavy atom. The van der Waals surface area contributed by atoms with Gasteiger partial charge in [-0.3, -0.25) is 9.36 Å². The number of H-pyrrole nitrogens is 1. The fourth-order valence-corrected chi connectivity index (χ4v) is 2.58. The zero-order valence-electron chi connectivity index (χ0n) is 14.8. The molecule has 0 amide bonds. The number of nitrogens with two attached hydrogens (primary N) is 1. The van der Waals surface area contributed by atoms with Crippen molar-refractivity contribution in [3.63, 3.8) is 0 Å². The maximum absolute atomic E-state index is 12.3. The number of Topliss-reactive ketones (excluding diaryl/α,β-unsaturated/α-hetero) is 1. The van der Waals surface area contributed by atoms with Crippen LogP contribution < -0.4 is 16.2 Å². The third-order valence-electron chi connectivity index (χ3n) is 4.06. The number of aromatic amines is 1. The molecule has 0 spiro atoms. The number of ether oxygens (including phenoxy) is 1. The molecule has 1 aromatic carbocycles. The van der Waals surface area contributed by atoms with Crippen LogP contribution in [-0.2, 0) is 6.54 Å². The van der Waals surface area contributed by atoms with E-state index in [0.717, 1.165) is 18.4 Å². The predicted octanol–water partition coefficient (Wildman–Crippen LogP) is 2.13. The Morgan fingerprint density at radius 2 is 2.00 bits per heavy atom. The summed E-state index contributed by atoms with van der Waals surface area (Å²) in [7, 11) is 0. The van der Waals surface area contributed by atoms with Gasteiger partial charge in [-0.2, -0.15) is 9.97 Å². The average molecular weight is 355 g/mol. The summed E-state index contributed by atoms with van der Waals surface area (Å²) in [5.41, 5.74) is 7.88. The highest BCUT2D eigenvalue weighted by molar-refractivity contribution is 5.94. The van der Waals surface area contributed by atoms with E-state index in [0.29, 0.717) is 29.9 Å². The van der Waals surface area contributed by atoms with E-state index in [1.165, 1.54) is 11.5 Å². The van der Waals surface area contributed by atoms with Gasteiger partial charge in [-0.25, -0.2) is 4.79 Å². The maximum atomic E-state index is 12.3. The van der Waals surface area contributed by atoms with Gasteiger partial charge in [-0.1, -0.05) is 37.6 Å². The Kier molecular flexibility index (Phi) is 5.01. The van der Waals surface area contributed by atoms with E-state index in [9.17, 15) is 9.59 Å². The minimum Gasteiger partial charge on any atom is -0.463 e. The van der Waals surface area contributed by atoms with Crippen molar-refractivity contribution in [1.82, 2.24) is 19.5 Å². The Labute approximate surface area is 150 Å². The van der Waals surface area contributed by atoms with Crippen LogP contribution in [0.2, 0.25) is 0 Å². The van der Waals surface area contributed by atoms with Crippen LogP contribution in [0.5, 0.6) is 6.01 Å². The summed E-state index contributed by atoms with van der Waals surface area (Å²) in [4.78, 5) is 34.8. The van der Waals surface area contributed by atoms with Crippen LogP contribution in [0.25, 0.3) is 11.2 Å². The molecule has 0 radical (unpaired) electrons. The van der Waals surface area contributed by atoms with Crippen molar-refractivity contribution in [2.24, 2.45) is 0 Å². The Hall–Kier alpha value is -3.16. The Morgan fingerprint density at radius 3 is 2.65 bits per heavy atom. The number of unbranched alkanes of at least 4 members (excludes halogenated alkanes) is 1. The average Bonchev–Trinajstić information content (AvgIpc) is 2.92. The first-order valence-electron chi connectivity index (χ1n) is 8.48. The second-order valence-electron chi connectivity index (χ2n) is 6.06. The van der Waals surface area contributed by atoms with E-state index >= 15 is 0 Å². The lowest BCUT2D eigenvalue weighted by Gasteiger charge is -2.07. The lowest BCUT2D eigenvalue weighted by Crippen LogP contribution is -2.18. The smallest absolute Gasteiger partial charge is 0.328 e. The monoisotopic (exact) mass is 355 g/mol. The van der Waals surface area contributed by atoms with Gasteiger partial charge in [0, 0.05) is 5.56 Å². The molecule has 0 aliphatic rings. The second kappa shape index (κ2) is 7.38. The number of fused-ring (bicyclic) bond motifs is 1. The second-order valence-corrected chi connectivity index (χ2v) is 6.06. The van der Waals surface area contributed by atoms with Crippen molar-refractivity contribution in [1.29, 1.82) is 0 Å². The molecular weight excluding hydrogens is 334 g/mol. The van der Waals surface area contributed by atoms with Gasteiger partial charge in [0.1, 0.15) is 5.52 Å². The molecule has 26 heavy (non-hydrogen) atoms. The molecule has 2 aromatic heterocycles. The highest BCUT2D eigenvalue weighted by atomic mass is 16.5. The van der Waals surface area contributed by atoms with Crippen LogP contribution in [0.15, 0.2) is 29.1 Å². The molecule has 3 N–H and O–H groups in total. The molecule has 0 unspecified atom stereocenters. The molecular formula is C18H21N5O3. The molecule has 3 aromatic rings. The number of imidazole rings is 1. The van der Waals surface area contributed by atoms with Crippen molar-refractivity contribution in [3.05, 3.63) is 45.9 Å². The van der Waals surface area contributed by atoms with Crippen molar-refractivity contribution >= 4 is 22.8 Å². The SMILES string of the molecule is CCCCOc1nc(N)c2[nH]c(=O)n(Cc3ccc(C(C)=O)cc3)c2n1. The number of rotatable bonds is 7. The first-order valence-corrected chi connectivity index (χ1v) is 8.48. The molecule has 3 rings (SSSR count). The fourth-order valence-electron chi connectivity index (χ4n) is 2.58. The van der Waals surface area contributed by atoms with Gasteiger partial charge in [0.15, 0.2) is 17.2 Å². The summed E-state index contributed by atoms with van der Waals surface area (Å²) in [5.74, 6) is 0.166. The van der Waals surface area contributed by atoms with Gasteiger partial charge in [-0.15, -0.1) is 0 Å². The predicted molar refractivity (Wildman–Crippen MR) is 98.5 cm³/mol. The number of nitrogens with zero attached hydrogens (tertiary/aromatic N) is 3. The van der Waals surface area contributed by atoms with E-state index < -0.39 is 0 Å². The number of carbonyl (C=O) groups is 1.